The molecular formula is C46H24O2S2. The highest BCUT2D eigenvalue weighted by atomic mass is 32.1. The second-order valence-electron chi connectivity index (χ2n) is 13.1. The van der Waals surface area contributed by atoms with Crippen molar-refractivity contribution < 1.29 is 8.83 Å². The first-order chi connectivity index (χ1) is 24.8. The highest BCUT2D eigenvalue weighted by Gasteiger charge is 2.26. The molecule has 50 heavy (non-hydrogen) atoms. The zero-order chi connectivity index (χ0) is 32.5. The Kier molecular flexibility index (Phi) is 5.29. The van der Waals surface area contributed by atoms with Gasteiger partial charge in [-0.2, -0.15) is 0 Å². The van der Waals surface area contributed by atoms with Crippen LogP contribution in [0.15, 0.2) is 154 Å². The Labute approximate surface area is 293 Å². The average molecular weight is 673 g/mol. The van der Waals surface area contributed by atoms with Crippen molar-refractivity contribution in [3.63, 3.8) is 0 Å². The normalized spacial score (nSPS) is 12.4. The fraction of sp³-hybridized carbons (Fsp3) is 0. The van der Waals surface area contributed by atoms with Gasteiger partial charge in [0.15, 0.2) is 0 Å². The molecule has 0 unspecified atom stereocenters. The lowest BCUT2D eigenvalue weighted by molar-refractivity contribution is 0.658. The minimum absolute atomic E-state index is 0.856. The number of thiophene rings is 2. The molecule has 0 aliphatic heterocycles. The number of furan rings is 2. The van der Waals surface area contributed by atoms with E-state index in [0.717, 1.165) is 55.0 Å². The third kappa shape index (κ3) is 3.56. The molecule has 0 saturated carbocycles. The third-order valence-corrected chi connectivity index (χ3v) is 12.7. The quantitative estimate of drug-likeness (QED) is 0.171. The van der Waals surface area contributed by atoms with Gasteiger partial charge in [0.25, 0.3) is 0 Å². The first-order valence-corrected chi connectivity index (χ1v) is 18.5. The molecule has 0 aliphatic rings. The molecule has 0 aliphatic carbocycles. The molecule has 8 aromatic carbocycles. The van der Waals surface area contributed by atoms with E-state index in [0.29, 0.717) is 0 Å². The molecule has 0 radical (unpaired) electrons. The molecule has 4 heteroatoms. The van der Waals surface area contributed by atoms with Gasteiger partial charge in [0, 0.05) is 62.4 Å². The lowest BCUT2D eigenvalue weighted by atomic mass is 9.86. The summed E-state index contributed by atoms with van der Waals surface area (Å²) in [5, 5.41) is 13.2. The predicted molar refractivity (Wildman–Crippen MR) is 215 cm³/mol. The molecule has 4 aromatic heterocycles. The summed E-state index contributed by atoms with van der Waals surface area (Å²) < 4.78 is 17.6. The summed E-state index contributed by atoms with van der Waals surface area (Å²) in [7, 11) is 0. The summed E-state index contributed by atoms with van der Waals surface area (Å²) in [6, 6.07) is 52.6. The number of para-hydroxylation sites is 2. The number of hydrogen-bond acceptors (Lipinski definition) is 4. The Morgan fingerprint density at radius 1 is 0.320 bits per heavy atom. The minimum atomic E-state index is 0.856. The summed E-state index contributed by atoms with van der Waals surface area (Å²) in [4.78, 5) is 1.27. The molecule has 0 N–H and O–H groups in total. The van der Waals surface area contributed by atoms with E-state index in [1.54, 1.807) is 0 Å². The molecule has 232 valence electrons. The second-order valence-corrected chi connectivity index (χ2v) is 15.3. The van der Waals surface area contributed by atoms with Crippen molar-refractivity contribution >= 4 is 118 Å². The first kappa shape index (κ1) is 26.9. The molecule has 0 saturated heterocycles. The highest BCUT2D eigenvalue weighted by Crippen LogP contribution is 2.52. The van der Waals surface area contributed by atoms with E-state index in [9.17, 15) is 0 Å². The number of benzene rings is 8. The maximum absolute atomic E-state index is 6.80. The minimum Gasteiger partial charge on any atom is -0.455 e. The van der Waals surface area contributed by atoms with E-state index in [2.05, 4.69) is 133 Å². The Morgan fingerprint density at radius 3 is 1.46 bits per heavy atom. The Bertz CT molecular complexity index is 3240. The van der Waals surface area contributed by atoms with E-state index in [-0.39, 0.29) is 0 Å². The average Bonchev–Trinajstić information content (AvgIpc) is 3.93. The molecule has 2 nitrogen and oxygen atoms in total. The summed E-state index contributed by atoms with van der Waals surface area (Å²) in [5.41, 5.74) is 6.89. The Hall–Kier alpha value is -5.94. The van der Waals surface area contributed by atoms with Crippen molar-refractivity contribution in [2.75, 3.05) is 0 Å². The molecule has 0 fully saturated rings. The van der Waals surface area contributed by atoms with E-state index in [1.165, 1.54) is 62.2 Å². The predicted octanol–water partition coefficient (Wildman–Crippen LogP) is 14.7. The van der Waals surface area contributed by atoms with Crippen molar-refractivity contribution in [3.8, 4) is 21.6 Å². The fourth-order valence-corrected chi connectivity index (χ4v) is 10.7. The zero-order valence-corrected chi connectivity index (χ0v) is 28.1. The van der Waals surface area contributed by atoms with E-state index < -0.39 is 0 Å². The van der Waals surface area contributed by atoms with E-state index in [1.807, 2.05) is 34.8 Å². The monoisotopic (exact) mass is 672 g/mol. The molecular weight excluding hydrogens is 649 g/mol. The SMILES string of the molecule is c1ccc2c(c1)oc1c(-c3c4ccccc4c(-c4cc5cc6c(cc5s4)sc4ccccc46)c4ccccc34)c3oc4ccccc4c3cc12. The highest BCUT2D eigenvalue weighted by molar-refractivity contribution is 7.27. The van der Waals surface area contributed by atoms with Gasteiger partial charge in [-0.3, -0.25) is 0 Å². The van der Waals surface area contributed by atoms with Crippen LogP contribution in [0, 0.1) is 0 Å². The Balaban J connectivity index is 1.22. The van der Waals surface area contributed by atoms with Crippen LogP contribution in [0.4, 0.5) is 0 Å². The maximum atomic E-state index is 6.80. The lowest BCUT2D eigenvalue weighted by Crippen LogP contribution is -1.90. The molecule has 0 atom stereocenters. The van der Waals surface area contributed by atoms with Gasteiger partial charge < -0.3 is 8.83 Å². The number of rotatable bonds is 2. The smallest absolute Gasteiger partial charge is 0.147 e. The van der Waals surface area contributed by atoms with Crippen LogP contribution in [0.25, 0.3) is 117 Å². The second kappa shape index (κ2) is 9.82. The van der Waals surface area contributed by atoms with Crippen LogP contribution in [-0.4, -0.2) is 0 Å². The fourth-order valence-electron chi connectivity index (χ4n) is 8.31. The topological polar surface area (TPSA) is 26.3 Å². The third-order valence-electron chi connectivity index (χ3n) is 10.5. The zero-order valence-electron chi connectivity index (χ0n) is 26.5. The molecule has 0 amide bonds. The van der Waals surface area contributed by atoms with Crippen LogP contribution < -0.4 is 0 Å². The van der Waals surface area contributed by atoms with Gasteiger partial charge in [-0.1, -0.05) is 103 Å². The largest absolute Gasteiger partial charge is 0.455 e. The van der Waals surface area contributed by atoms with Crippen LogP contribution in [0.2, 0.25) is 0 Å². The lowest BCUT2D eigenvalue weighted by Gasteiger charge is -2.17. The van der Waals surface area contributed by atoms with Gasteiger partial charge in [-0.15, -0.1) is 22.7 Å². The molecule has 0 spiro atoms. The van der Waals surface area contributed by atoms with Crippen LogP contribution in [0.1, 0.15) is 0 Å². The summed E-state index contributed by atoms with van der Waals surface area (Å²) in [6.07, 6.45) is 0. The molecule has 0 bridgehead atoms. The summed E-state index contributed by atoms with van der Waals surface area (Å²) in [5.74, 6) is 0. The van der Waals surface area contributed by atoms with Gasteiger partial charge in [-0.05, 0) is 69.4 Å². The van der Waals surface area contributed by atoms with Gasteiger partial charge in [-0.25, -0.2) is 0 Å². The van der Waals surface area contributed by atoms with E-state index >= 15 is 0 Å². The van der Waals surface area contributed by atoms with Crippen LogP contribution in [0.3, 0.4) is 0 Å². The van der Waals surface area contributed by atoms with Gasteiger partial charge in [0.2, 0.25) is 0 Å². The maximum Gasteiger partial charge on any atom is 0.147 e. The van der Waals surface area contributed by atoms with Gasteiger partial charge in [0.1, 0.15) is 22.3 Å². The standard InChI is InChI=1S/C46H24O2S2/c1-3-16-31-29(14-1)42(41-22-25-21-33-28-13-7-10-20-38(28)49-40(33)24-39(25)50-41)30-15-2-4-17-32(30)43(31)44-45-34(26-11-5-8-18-36(26)47-45)23-35-27-12-6-9-19-37(27)48-46(35)44/h1-24H. The van der Waals surface area contributed by atoms with Crippen LogP contribution in [0.5, 0.6) is 0 Å². The van der Waals surface area contributed by atoms with Gasteiger partial charge in [0.05, 0.1) is 5.56 Å². The van der Waals surface area contributed by atoms with Crippen molar-refractivity contribution in [3.05, 3.63) is 146 Å². The summed E-state index contributed by atoms with van der Waals surface area (Å²) >= 11 is 3.77. The summed E-state index contributed by atoms with van der Waals surface area (Å²) in [6.45, 7) is 0. The van der Waals surface area contributed by atoms with Crippen molar-refractivity contribution in [1.29, 1.82) is 0 Å². The Morgan fingerprint density at radius 2 is 0.840 bits per heavy atom. The van der Waals surface area contributed by atoms with Crippen molar-refractivity contribution in [2.24, 2.45) is 0 Å². The van der Waals surface area contributed by atoms with Crippen LogP contribution >= 0.6 is 22.7 Å². The van der Waals surface area contributed by atoms with Crippen molar-refractivity contribution in [1.82, 2.24) is 0 Å². The molecule has 4 heterocycles. The van der Waals surface area contributed by atoms with E-state index in [4.69, 9.17) is 8.83 Å². The molecule has 12 aromatic rings. The number of hydrogen-bond donors (Lipinski definition) is 0. The van der Waals surface area contributed by atoms with Crippen LogP contribution in [-0.2, 0) is 0 Å². The van der Waals surface area contributed by atoms with Gasteiger partial charge >= 0.3 is 0 Å². The number of fused-ring (bicyclic) bond motifs is 12. The molecule has 12 rings (SSSR count). The first-order valence-electron chi connectivity index (χ1n) is 16.8. The van der Waals surface area contributed by atoms with Crippen molar-refractivity contribution in [2.45, 2.75) is 0 Å².